The van der Waals surface area contributed by atoms with Gasteiger partial charge < -0.3 is 14.5 Å². The minimum Gasteiger partial charge on any atom is -0.493 e. The van der Waals surface area contributed by atoms with Crippen LogP contribution in [0.15, 0.2) is 54.6 Å². The van der Waals surface area contributed by atoms with Gasteiger partial charge >= 0.3 is 0 Å². The van der Waals surface area contributed by atoms with Gasteiger partial charge in [-0.1, -0.05) is 29.8 Å². The van der Waals surface area contributed by atoms with Crippen molar-refractivity contribution in [3.63, 3.8) is 0 Å². The van der Waals surface area contributed by atoms with Crippen LogP contribution in [0.1, 0.15) is 36.0 Å². The lowest BCUT2D eigenvalue weighted by atomic mass is 9.93. The van der Waals surface area contributed by atoms with Crippen LogP contribution in [0.2, 0.25) is 5.02 Å². The van der Waals surface area contributed by atoms with E-state index in [1.165, 1.54) is 0 Å². The number of likely N-dealkylation sites (tertiary alicyclic amines) is 2. The van der Waals surface area contributed by atoms with E-state index in [4.69, 9.17) is 16.3 Å². The molecule has 0 saturated carbocycles. The average Bonchev–Trinajstić information content (AvgIpc) is 2.83. The number of hydrogen-bond acceptors (Lipinski definition) is 3. The fourth-order valence-electron chi connectivity index (χ4n) is 4.45. The van der Waals surface area contributed by atoms with Gasteiger partial charge in [0.15, 0.2) is 0 Å². The number of halogens is 1. The van der Waals surface area contributed by atoms with E-state index in [-0.39, 0.29) is 17.7 Å². The highest BCUT2D eigenvalue weighted by Crippen LogP contribution is 2.25. The molecule has 0 N–H and O–H groups in total. The van der Waals surface area contributed by atoms with E-state index >= 15 is 0 Å². The number of carbonyl (C=O) groups excluding carboxylic acids is 2. The van der Waals surface area contributed by atoms with Gasteiger partial charge in [-0.15, -0.1) is 0 Å². The van der Waals surface area contributed by atoms with Gasteiger partial charge in [-0.2, -0.15) is 0 Å². The number of para-hydroxylation sites is 1. The number of benzene rings is 2. The molecule has 4 rings (SSSR count). The summed E-state index contributed by atoms with van der Waals surface area (Å²) in [5, 5.41) is 0.612. The van der Waals surface area contributed by atoms with E-state index in [0.717, 1.165) is 44.5 Å². The molecule has 0 radical (unpaired) electrons. The summed E-state index contributed by atoms with van der Waals surface area (Å²) in [6.45, 7) is 3.42. The van der Waals surface area contributed by atoms with Gasteiger partial charge in [-0.25, -0.2) is 0 Å². The molecule has 31 heavy (non-hydrogen) atoms. The van der Waals surface area contributed by atoms with Crippen molar-refractivity contribution >= 4 is 23.4 Å². The van der Waals surface area contributed by atoms with Crippen molar-refractivity contribution in [1.29, 1.82) is 0 Å². The molecule has 0 aliphatic carbocycles. The first-order chi connectivity index (χ1) is 15.1. The summed E-state index contributed by atoms with van der Waals surface area (Å²) in [4.78, 5) is 29.8. The molecule has 6 heteroatoms. The molecule has 2 aromatic rings. The molecule has 164 valence electrons. The number of hydrogen-bond donors (Lipinski definition) is 0. The summed E-state index contributed by atoms with van der Waals surface area (Å²) in [7, 11) is 0. The number of ether oxygens (including phenoxy) is 1. The van der Waals surface area contributed by atoms with E-state index in [0.29, 0.717) is 36.2 Å². The van der Waals surface area contributed by atoms with Gasteiger partial charge in [-0.05, 0) is 68.0 Å². The zero-order valence-electron chi connectivity index (χ0n) is 17.7. The van der Waals surface area contributed by atoms with Gasteiger partial charge in [0.25, 0.3) is 5.91 Å². The maximum atomic E-state index is 13.1. The van der Waals surface area contributed by atoms with Crippen LogP contribution >= 0.6 is 11.6 Å². The Kier molecular flexibility index (Phi) is 7.13. The Morgan fingerprint density at radius 1 is 0.903 bits per heavy atom. The van der Waals surface area contributed by atoms with Crippen molar-refractivity contribution in [3.8, 4) is 5.75 Å². The van der Waals surface area contributed by atoms with E-state index in [2.05, 4.69) is 0 Å². The molecule has 2 fully saturated rings. The van der Waals surface area contributed by atoms with Gasteiger partial charge in [0.05, 0.1) is 12.5 Å². The molecule has 2 heterocycles. The fourth-order valence-corrected chi connectivity index (χ4v) is 4.57. The number of piperidine rings is 2. The van der Waals surface area contributed by atoms with Crippen LogP contribution < -0.4 is 4.74 Å². The molecular formula is C25H29ClN2O3. The molecule has 2 amide bonds. The summed E-state index contributed by atoms with van der Waals surface area (Å²) in [6, 6.07) is 16.8. The lowest BCUT2D eigenvalue weighted by molar-refractivity contribution is -0.138. The summed E-state index contributed by atoms with van der Waals surface area (Å²) < 4.78 is 5.89. The molecule has 2 aromatic carbocycles. The lowest BCUT2D eigenvalue weighted by Crippen LogP contribution is -2.48. The minimum atomic E-state index is -0.109. The van der Waals surface area contributed by atoms with Crippen molar-refractivity contribution in [2.45, 2.75) is 25.7 Å². The standard InChI is InChI=1S/C25H29ClN2O3/c26-22-10-8-20(9-11-22)24(29)28-14-4-5-21(17-28)25(30)27-15-12-19(13-16-27)18-31-23-6-2-1-3-7-23/h1-3,6-11,19,21H,4-5,12-18H2. The van der Waals surface area contributed by atoms with E-state index in [1.54, 1.807) is 24.3 Å². The number of amides is 2. The minimum absolute atomic E-state index is 0.0223. The van der Waals surface area contributed by atoms with Crippen LogP contribution in [0.5, 0.6) is 5.75 Å². The quantitative estimate of drug-likeness (QED) is 0.687. The average molecular weight is 441 g/mol. The Labute approximate surface area is 188 Å². The molecule has 2 aliphatic heterocycles. The predicted octanol–water partition coefficient (Wildman–Crippen LogP) is 4.51. The molecule has 0 spiro atoms. The molecule has 2 saturated heterocycles. The largest absolute Gasteiger partial charge is 0.493 e. The van der Waals surface area contributed by atoms with Crippen LogP contribution in [0.4, 0.5) is 0 Å². The molecule has 5 nitrogen and oxygen atoms in total. The lowest BCUT2D eigenvalue weighted by Gasteiger charge is -2.37. The number of nitrogens with zero attached hydrogens (tertiary/aromatic N) is 2. The Hall–Kier alpha value is -2.53. The van der Waals surface area contributed by atoms with Gasteiger partial charge in [0.1, 0.15) is 5.75 Å². The van der Waals surface area contributed by atoms with Crippen molar-refractivity contribution < 1.29 is 14.3 Å². The smallest absolute Gasteiger partial charge is 0.253 e. The van der Waals surface area contributed by atoms with Crippen LogP contribution in [-0.4, -0.2) is 54.4 Å². The Balaban J connectivity index is 1.26. The van der Waals surface area contributed by atoms with Crippen LogP contribution in [0.3, 0.4) is 0 Å². The van der Waals surface area contributed by atoms with Crippen molar-refractivity contribution in [3.05, 3.63) is 65.2 Å². The third-order valence-electron chi connectivity index (χ3n) is 6.30. The Morgan fingerprint density at radius 2 is 1.61 bits per heavy atom. The second-order valence-corrected chi connectivity index (χ2v) is 8.93. The van der Waals surface area contributed by atoms with E-state index < -0.39 is 0 Å². The Bertz CT molecular complexity index is 879. The van der Waals surface area contributed by atoms with Crippen LogP contribution in [0.25, 0.3) is 0 Å². The first kappa shape index (κ1) is 21.7. The first-order valence-electron chi connectivity index (χ1n) is 11.1. The van der Waals surface area contributed by atoms with Crippen molar-refractivity contribution in [2.24, 2.45) is 11.8 Å². The topological polar surface area (TPSA) is 49.9 Å². The van der Waals surface area contributed by atoms with Gasteiger partial charge in [0, 0.05) is 36.8 Å². The zero-order valence-corrected chi connectivity index (χ0v) is 18.5. The highest BCUT2D eigenvalue weighted by atomic mass is 35.5. The van der Waals surface area contributed by atoms with Crippen molar-refractivity contribution in [1.82, 2.24) is 9.80 Å². The van der Waals surface area contributed by atoms with E-state index in [1.807, 2.05) is 40.1 Å². The molecule has 2 aliphatic rings. The summed E-state index contributed by atoms with van der Waals surface area (Å²) in [5.41, 5.74) is 0.622. The van der Waals surface area contributed by atoms with Gasteiger partial charge in [-0.3, -0.25) is 9.59 Å². The maximum Gasteiger partial charge on any atom is 0.253 e. The van der Waals surface area contributed by atoms with Crippen molar-refractivity contribution in [2.75, 3.05) is 32.8 Å². The molecule has 1 atom stereocenters. The number of rotatable bonds is 5. The fraction of sp³-hybridized carbons (Fsp3) is 0.440. The monoisotopic (exact) mass is 440 g/mol. The highest BCUT2D eigenvalue weighted by Gasteiger charge is 2.33. The highest BCUT2D eigenvalue weighted by molar-refractivity contribution is 6.30. The normalized spacial score (nSPS) is 19.8. The zero-order chi connectivity index (χ0) is 21.6. The van der Waals surface area contributed by atoms with Crippen LogP contribution in [-0.2, 0) is 4.79 Å². The maximum absolute atomic E-state index is 13.1. The molecule has 0 aromatic heterocycles. The second kappa shape index (κ2) is 10.2. The summed E-state index contributed by atoms with van der Waals surface area (Å²) in [6.07, 6.45) is 3.62. The molecule has 1 unspecified atom stereocenters. The Morgan fingerprint density at radius 3 is 2.32 bits per heavy atom. The third-order valence-corrected chi connectivity index (χ3v) is 6.56. The molecular weight excluding hydrogens is 412 g/mol. The first-order valence-corrected chi connectivity index (χ1v) is 11.5. The predicted molar refractivity (Wildman–Crippen MR) is 121 cm³/mol. The van der Waals surface area contributed by atoms with E-state index in [9.17, 15) is 9.59 Å². The SMILES string of the molecule is O=C(c1ccc(Cl)cc1)N1CCCC(C(=O)N2CCC(COc3ccccc3)CC2)C1. The second-order valence-electron chi connectivity index (χ2n) is 8.49. The molecule has 0 bridgehead atoms. The van der Waals surface area contributed by atoms with Gasteiger partial charge in [0.2, 0.25) is 5.91 Å². The summed E-state index contributed by atoms with van der Waals surface area (Å²) >= 11 is 5.93. The summed E-state index contributed by atoms with van der Waals surface area (Å²) in [5.74, 6) is 1.43. The van der Waals surface area contributed by atoms with Crippen LogP contribution in [0, 0.1) is 11.8 Å². The number of carbonyl (C=O) groups is 2. The third kappa shape index (κ3) is 5.59.